The highest BCUT2D eigenvalue weighted by Gasteiger charge is 2.46. The molecule has 1 aromatic carbocycles. The van der Waals surface area contributed by atoms with E-state index in [0.717, 1.165) is 30.7 Å². The molecule has 6 nitrogen and oxygen atoms in total. The topological polar surface area (TPSA) is 93.8 Å². The summed E-state index contributed by atoms with van der Waals surface area (Å²) in [6.45, 7) is 3.10. The maximum Gasteiger partial charge on any atom is 0.501 e. The van der Waals surface area contributed by atoms with Crippen LogP contribution in [0.4, 0.5) is 13.2 Å². The summed E-state index contributed by atoms with van der Waals surface area (Å²) in [6, 6.07) is 4.02. The second-order valence-electron chi connectivity index (χ2n) is 4.46. The molecule has 130 valence electrons. The van der Waals surface area contributed by atoms with E-state index in [1.54, 1.807) is 0 Å². The molecular weight excluding hydrogens is 335 g/mol. The van der Waals surface area contributed by atoms with E-state index >= 15 is 0 Å². The Labute approximate surface area is 132 Å². The summed E-state index contributed by atoms with van der Waals surface area (Å²) in [5.41, 5.74) is 0.233. The number of ether oxygens (including phenoxy) is 1. The largest absolute Gasteiger partial charge is 0.501 e. The van der Waals surface area contributed by atoms with Gasteiger partial charge in [-0.05, 0) is 30.7 Å². The van der Waals surface area contributed by atoms with Crippen LogP contribution in [0.5, 0.6) is 5.75 Å². The molecule has 10 heteroatoms. The van der Waals surface area contributed by atoms with Crippen molar-refractivity contribution in [1.82, 2.24) is 5.32 Å². The fourth-order valence-corrected chi connectivity index (χ4v) is 2.25. The van der Waals surface area contributed by atoms with Crippen LogP contribution in [0, 0.1) is 0 Å². The first-order chi connectivity index (χ1) is 10.7. The average molecular weight is 353 g/mol. The van der Waals surface area contributed by atoms with E-state index in [1.807, 2.05) is 6.92 Å². The summed E-state index contributed by atoms with van der Waals surface area (Å²) >= 11 is 0. The number of hydrogen-bond acceptors (Lipinski definition) is 4. The monoisotopic (exact) mass is 353 g/mol. The summed E-state index contributed by atoms with van der Waals surface area (Å²) in [4.78, 5) is 3.18. The fourth-order valence-electron chi connectivity index (χ4n) is 1.48. The van der Waals surface area contributed by atoms with Gasteiger partial charge in [-0.3, -0.25) is 4.99 Å². The van der Waals surface area contributed by atoms with Crippen molar-refractivity contribution in [3.8, 4) is 5.75 Å². The van der Waals surface area contributed by atoms with Crippen molar-refractivity contribution < 1.29 is 26.3 Å². The van der Waals surface area contributed by atoms with Crippen LogP contribution in [-0.2, 0) is 9.84 Å². The summed E-state index contributed by atoms with van der Waals surface area (Å²) in [5.74, 6) is 0.527. The molecule has 0 aliphatic rings. The van der Waals surface area contributed by atoms with Crippen molar-refractivity contribution in [2.45, 2.75) is 23.7 Å². The van der Waals surface area contributed by atoms with Gasteiger partial charge in [-0.15, -0.1) is 0 Å². The van der Waals surface area contributed by atoms with Gasteiger partial charge in [-0.25, -0.2) is 8.42 Å². The molecule has 0 saturated carbocycles. The van der Waals surface area contributed by atoms with Crippen LogP contribution in [-0.4, -0.2) is 39.6 Å². The predicted molar refractivity (Wildman–Crippen MR) is 80.0 cm³/mol. The van der Waals surface area contributed by atoms with Gasteiger partial charge in [0.1, 0.15) is 12.4 Å². The second kappa shape index (κ2) is 8.04. The van der Waals surface area contributed by atoms with Crippen LogP contribution in [0.25, 0.3) is 0 Å². The Kier molecular flexibility index (Phi) is 6.67. The van der Waals surface area contributed by atoms with Crippen LogP contribution >= 0.6 is 0 Å². The number of halogens is 3. The van der Waals surface area contributed by atoms with E-state index < -0.39 is 20.2 Å². The molecule has 0 atom stereocenters. The summed E-state index contributed by atoms with van der Waals surface area (Å²) in [5, 5.41) is 2.80. The molecule has 0 radical (unpaired) electrons. The molecule has 0 spiro atoms. The molecule has 0 amide bonds. The third-order valence-corrected chi connectivity index (χ3v) is 4.12. The maximum absolute atomic E-state index is 12.4. The Morgan fingerprint density at radius 2 is 1.91 bits per heavy atom. The van der Waals surface area contributed by atoms with Gasteiger partial charge in [0.05, 0.1) is 11.4 Å². The molecule has 0 saturated heterocycles. The van der Waals surface area contributed by atoms with Gasteiger partial charge in [-0.1, -0.05) is 6.92 Å². The number of nitrogens with zero attached hydrogens (tertiary/aromatic N) is 1. The molecule has 0 heterocycles. The van der Waals surface area contributed by atoms with Crippen molar-refractivity contribution in [1.29, 1.82) is 0 Å². The minimum Gasteiger partial charge on any atom is -0.492 e. The molecule has 23 heavy (non-hydrogen) atoms. The lowest BCUT2D eigenvalue weighted by Gasteiger charge is -2.10. The zero-order chi connectivity index (χ0) is 17.5. The lowest BCUT2D eigenvalue weighted by Crippen LogP contribution is -2.34. The van der Waals surface area contributed by atoms with Crippen LogP contribution in [0.15, 0.2) is 34.2 Å². The van der Waals surface area contributed by atoms with E-state index in [0.29, 0.717) is 13.1 Å². The second-order valence-corrected chi connectivity index (χ2v) is 6.40. The zero-order valence-electron chi connectivity index (χ0n) is 12.4. The molecule has 0 aromatic heterocycles. The first-order valence-electron chi connectivity index (χ1n) is 6.76. The van der Waals surface area contributed by atoms with Crippen molar-refractivity contribution >= 4 is 15.8 Å². The lowest BCUT2D eigenvalue weighted by atomic mass is 10.3. The van der Waals surface area contributed by atoms with Crippen LogP contribution in [0.3, 0.4) is 0 Å². The van der Waals surface area contributed by atoms with Crippen LogP contribution < -0.4 is 15.8 Å². The first kappa shape index (κ1) is 19.1. The molecule has 0 aliphatic carbocycles. The highest BCUT2D eigenvalue weighted by Crippen LogP contribution is 2.30. The third-order valence-electron chi connectivity index (χ3n) is 2.62. The molecular formula is C13H18F3N3O3S. The van der Waals surface area contributed by atoms with Crippen molar-refractivity contribution in [2.75, 3.05) is 19.7 Å². The number of aliphatic imine (C=N–C) groups is 1. The lowest BCUT2D eigenvalue weighted by molar-refractivity contribution is -0.0436. The van der Waals surface area contributed by atoms with Gasteiger partial charge in [0.25, 0.3) is 9.84 Å². The summed E-state index contributed by atoms with van der Waals surface area (Å²) in [6.07, 6.45) is 0.867. The highest BCUT2D eigenvalue weighted by molar-refractivity contribution is 7.92. The highest BCUT2D eigenvalue weighted by atomic mass is 32.2. The van der Waals surface area contributed by atoms with E-state index in [9.17, 15) is 21.6 Å². The third kappa shape index (κ3) is 5.62. The summed E-state index contributed by atoms with van der Waals surface area (Å²) < 4.78 is 64.8. The number of nitrogens with one attached hydrogen (secondary N) is 1. The molecule has 0 fully saturated rings. The van der Waals surface area contributed by atoms with Crippen molar-refractivity contribution in [2.24, 2.45) is 10.7 Å². The number of nitrogens with two attached hydrogens (primary N) is 1. The molecule has 0 bridgehead atoms. The van der Waals surface area contributed by atoms with Crippen molar-refractivity contribution in [3.05, 3.63) is 24.3 Å². The van der Waals surface area contributed by atoms with Gasteiger partial charge >= 0.3 is 5.51 Å². The number of hydrogen-bond donors (Lipinski definition) is 2. The number of benzene rings is 1. The van der Waals surface area contributed by atoms with Gasteiger partial charge < -0.3 is 15.8 Å². The fraction of sp³-hybridized carbons (Fsp3) is 0.462. The van der Waals surface area contributed by atoms with Gasteiger partial charge in [0, 0.05) is 6.54 Å². The standard InChI is InChI=1S/C13H18F3N3O3S/c1-2-7-18-12(17)19-8-9-22-10-3-5-11(6-4-10)23(20,21)13(14,15)16/h3-6H,2,7-9H2,1H3,(H3,17,18,19). The van der Waals surface area contributed by atoms with Gasteiger partial charge in [0.15, 0.2) is 5.96 Å². The van der Waals surface area contributed by atoms with Crippen molar-refractivity contribution in [3.63, 3.8) is 0 Å². The van der Waals surface area contributed by atoms with E-state index in [2.05, 4.69) is 10.3 Å². The molecule has 3 N–H and O–H groups in total. The quantitative estimate of drug-likeness (QED) is 0.442. The van der Waals surface area contributed by atoms with E-state index in [1.165, 1.54) is 0 Å². The Hall–Kier alpha value is -1.97. The minimum absolute atomic E-state index is 0.188. The molecule has 0 aliphatic heterocycles. The van der Waals surface area contributed by atoms with E-state index in [-0.39, 0.29) is 18.3 Å². The predicted octanol–water partition coefficient (Wildman–Crippen LogP) is 1.67. The van der Waals surface area contributed by atoms with Gasteiger partial charge in [0.2, 0.25) is 0 Å². The molecule has 1 rings (SSSR count). The Morgan fingerprint density at radius 3 is 2.43 bits per heavy atom. The average Bonchev–Trinajstić information content (AvgIpc) is 2.49. The first-order valence-corrected chi connectivity index (χ1v) is 8.25. The van der Waals surface area contributed by atoms with Gasteiger partial charge in [-0.2, -0.15) is 13.2 Å². The van der Waals surface area contributed by atoms with Crippen LogP contribution in [0.2, 0.25) is 0 Å². The van der Waals surface area contributed by atoms with Crippen LogP contribution in [0.1, 0.15) is 13.3 Å². The molecule has 1 aromatic rings. The van der Waals surface area contributed by atoms with E-state index in [4.69, 9.17) is 10.5 Å². The number of alkyl halides is 3. The Balaban J connectivity index is 2.53. The molecule has 0 unspecified atom stereocenters. The number of sulfone groups is 1. The Morgan fingerprint density at radius 1 is 1.30 bits per heavy atom. The smallest absolute Gasteiger partial charge is 0.492 e. The Bertz CT molecular complexity index is 628. The normalized spacial score (nSPS) is 13.0. The zero-order valence-corrected chi connectivity index (χ0v) is 13.2. The minimum atomic E-state index is -5.34. The number of rotatable bonds is 7. The number of guanidine groups is 1. The SMILES string of the molecule is CCCN=C(N)NCCOc1ccc(S(=O)(=O)C(F)(F)F)cc1. The maximum atomic E-state index is 12.4. The summed E-state index contributed by atoms with van der Waals surface area (Å²) in [7, 11) is -5.34.